The number of hydrogen-bond acceptors (Lipinski definition) is 1. The third kappa shape index (κ3) is 5.16. The van der Waals surface area contributed by atoms with E-state index in [-0.39, 0.29) is 6.04 Å². The van der Waals surface area contributed by atoms with Crippen molar-refractivity contribution >= 4 is 5.57 Å². The topological polar surface area (TPSA) is 12.0 Å². The van der Waals surface area contributed by atoms with Gasteiger partial charge in [0.05, 0.1) is 6.04 Å². The van der Waals surface area contributed by atoms with E-state index in [0.29, 0.717) is 0 Å². The van der Waals surface area contributed by atoms with Gasteiger partial charge in [-0.1, -0.05) is 110 Å². The summed E-state index contributed by atoms with van der Waals surface area (Å²) in [5.74, 6) is 0. The zero-order chi connectivity index (χ0) is 18.9. The SMILES string of the molecule is C=C/C=C\C(=C)c1cccc(C(NCc2ccccc2)c2ccccc2)c1. The Morgan fingerprint density at radius 3 is 2.22 bits per heavy atom. The normalized spacial score (nSPS) is 12.0. The van der Waals surface area contributed by atoms with Crippen molar-refractivity contribution in [3.8, 4) is 0 Å². The van der Waals surface area contributed by atoms with Crippen LogP contribution in [0.4, 0.5) is 0 Å². The van der Waals surface area contributed by atoms with Crippen molar-refractivity contribution in [2.24, 2.45) is 0 Å². The van der Waals surface area contributed by atoms with Crippen LogP contribution in [0.3, 0.4) is 0 Å². The van der Waals surface area contributed by atoms with Gasteiger partial charge in [0.2, 0.25) is 0 Å². The van der Waals surface area contributed by atoms with Crippen molar-refractivity contribution in [2.45, 2.75) is 12.6 Å². The molecule has 0 aliphatic heterocycles. The van der Waals surface area contributed by atoms with E-state index in [1.165, 1.54) is 16.7 Å². The molecule has 0 bridgehead atoms. The zero-order valence-electron chi connectivity index (χ0n) is 15.5. The summed E-state index contributed by atoms with van der Waals surface area (Å²) >= 11 is 0. The highest BCUT2D eigenvalue weighted by molar-refractivity contribution is 5.72. The summed E-state index contributed by atoms with van der Waals surface area (Å²) < 4.78 is 0. The van der Waals surface area contributed by atoms with E-state index < -0.39 is 0 Å². The van der Waals surface area contributed by atoms with Gasteiger partial charge in [0.15, 0.2) is 0 Å². The number of hydrogen-bond donors (Lipinski definition) is 1. The molecule has 1 nitrogen and oxygen atoms in total. The predicted octanol–water partition coefficient (Wildman–Crippen LogP) is 6.32. The van der Waals surface area contributed by atoms with Crippen LogP contribution in [0, 0.1) is 0 Å². The van der Waals surface area contributed by atoms with Crippen LogP contribution >= 0.6 is 0 Å². The first-order valence-electron chi connectivity index (χ1n) is 9.18. The van der Waals surface area contributed by atoms with Gasteiger partial charge in [-0.25, -0.2) is 0 Å². The molecule has 3 rings (SSSR count). The molecule has 0 saturated heterocycles. The molecule has 3 aromatic rings. The third-order valence-electron chi connectivity index (χ3n) is 4.51. The largest absolute Gasteiger partial charge is 0.302 e. The van der Waals surface area contributed by atoms with Gasteiger partial charge < -0.3 is 5.32 Å². The van der Waals surface area contributed by atoms with Gasteiger partial charge in [0.25, 0.3) is 0 Å². The summed E-state index contributed by atoms with van der Waals surface area (Å²) in [4.78, 5) is 0. The Labute approximate surface area is 162 Å². The van der Waals surface area contributed by atoms with Crippen molar-refractivity contribution in [3.05, 3.63) is 139 Å². The van der Waals surface area contributed by atoms with E-state index in [1.807, 2.05) is 18.2 Å². The number of rotatable bonds is 8. The van der Waals surface area contributed by atoms with Crippen LogP contribution in [0.5, 0.6) is 0 Å². The highest BCUT2D eigenvalue weighted by Crippen LogP contribution is 2.25. The van der Waals surface area contributed by atoms with Crippen molar-refractivity contribution in [3.63, 3.8) is 0 Å². The molecule has 134 valence electrons. The number of nitrogens with one attached hydrogen (secondary N) is 1. The fraction of sp³-hybridized carbons (Fsp3) is 0.0769. The van der Waals surface area contributed by atoms with Crippen LogP contribution < -0.4 is 5.32 Å². The molecule has 1 atom stereocenters. The Hall–Kier alpha value is -3.16. The summed E-state index contributed by atoms with van der Waals surface area (Å²) in [6.07, 6.45) is 5.67. The lowest BCUT2D eigenvalue weighted by Gasteiger charge is -2.21. The van der Waals surface area contributed by atoms with Crippen molar-refractivity contribution in [1.29, 1.82) is 0 Å². The Balaban J connectivity index is 1.89. The van der Waals surface area contributed by atoms with Gasteiger partial charge in [-0.15, -0.1) is 0 Å². The summed E-state index contributed by atoms with van der Waals surface area (Å²) in [5, 5.41) is 3.71. The first-order valence-corrected chi connectivity index (χ1v) is 9.18. The summed E-state index contributed by atoms with van der Waals surface area (Å²) in [6.45, 7) is 8.71. The molecule has 0 spiro atoms. The van der Waals surface area contributed by atoms with Gasteiger partial charge in [0, 0.05) is 6.54 Å². The molecular formula is C26H25N. The fourth-order valence-electron chi connectivity index (χ4n) is 3.09. The Morgan fingerprint density at radius 2 is 1.52 bits per heavy atom. The van der Waals surface area contributed by atoms with E-state index in [1.54, 1.807) is 6.08 Å². The molecule has 1 unspecified atom stereocenters. The molecule has 1 N–H and O–H groups in total. The van der Waals surface area contributed by atoms with Crippen molar-refractivity contribution < 1.29 is 0 Å². The quantitative estimate of drug-likeness (QED) is 0.468. The van der Waals surface area contributed by atoms with Crippen molar-refractivity contribution in [2.75, 3.05) is 0 Å². The maximum Gasteiger partial charge on any atom is 0.0579 e. The van der Waals surface area contributed by atoms with Crippen LogP contribution in [0.25, 0.3) is 5.57 Å². The van der Waals surface area contributed by atoms with Gasteiger partial charge in [0.1, 0.15) is 0 Å². The van der Waals surface area contributed by atoms with Crippen LogP contribution in [-0.2, 0) is 6.54 Å². The minimum atomic E-state index is 0.113. The van der Waals surface area contributed by atoms with Gasteiger partial charge >= 0.3 is 0 Å². The predicted molar refractivity (Wildman–Crippen MR) is 116 cm³/mol. The van der Waals surface area contributed by atoms with Crippen LogP contribution in [0.15, 0.2) is 116 Å². The second kappa shape index (κ2) is 9.51. The maximum absolute atomic E-state index is 4.17. The molecule has 0 fully saturated rings. The molecule has 0 amide bonds. The highest BCUT2D eigenvalue weighted by Gasteiger charge is 2.14. The van der Waals surface area contributed by atoms with Gasteiger partial charge in [-0.3, -0.25) is 0 Å². The lowest BCUT2D eigenvalue weighted by atomic mass is 9.95. The van der Waals surface area contributed by atoms with E-state index in [2.05, 4.69) is 97.3 Å². The Morgan fingerprint density at radius 1 is 0.852 bits per heavy atom. The molecule has 0 saturated carbocycles. The zero-order valence-corrected chi connectivity index (χ0v) is 15.5. The number of benzene rings is 3. The smallest absolute Gasteiger partial charge is 0.0579 e. The third-order valence-corrected chi connectivity index (χ3v) is 4.51. The second-order valence-corrected chi connectivity index (χ2v) is 6.46. The minimum absolute atomic E-state index is 0.113. The van der Waals surface area contributed by atoms with E-state index in [9.17, 15) is 0 Å². The Bertz CT molecular complexity index is 907. The standard InChI is InChI=1S/C26H25N/c1-3-4-12-21(2)24-17-11-18-25(19-24)26(23-15-9-6-10-16-23)27-20-22-13-7-5-8-14-22/h3-19,26-27H,1-2,20H2/b12-4-. The van der Waals surface area contributed by atoms with E-state index in [0.717, 1.165) is 17.7 Å². The van der Waals surface area contributed by atoms with Gasteiger partial charge in [-0.05, 0) is 33.9 Å². The monoisotopic (exact) mass is 351 g/mol. The highest BCUT2D eigenvalue weighted by atomic mass is 14.9. The average Bonchev–Trinajstić information content (AvgIpc) is 2.74. The molecule has 3 aromatic carbocycles. The Kier molecular flexibility index (Phi) is 6.56. The van der Waals surface area contributed by atoms with Crippen LogP contribution in [0.2, 0.25) is 0 Å². The maximum atomic E-state index is 4.17. The lowest BCUT2D eigenvalue weighted by molar-refractivity contribution is 0.605. The lowest BCUT2D eigenvalue weighted by Crippen LogP contribution is -2.22. The second-order valence-electron chi connectivity index (χ2n) is 6.46. The number of allylic oxidation sites excluding steroid dienone is 4. The molecule has 0 aliphatic rings. The molecule has 0 aliphatic carbocycles. The van der Waals surface area contributed by atoms with Gasteiger partial charge in [-0.2, -0.15) is 0 Å². The minimum Gasteiger partial charge on any atom is -0.302 e. The van der Waals surface area contributed by atoms with Crippen molar-refractivity contribution in [1.82, 2.24) is 5.32 Å². The first-order chi connectivity index (χ1) is 13.3. The van der Waals surface area contributed by atoms with E-state index in [4.69, 9.17) is 0 Å². The molecule has 0 heterocycles. The molecule has 1 heteroatoms. The average molecular weight is 351 g/mol. The summed E-state index contributed by atoms with van der Waals surface area (Å²) in [5.41, 5.74) is 5.84. The fourth-order valence-corrected chi connectivity index (χ4v) is 3.09. The molecule has 0 aromatic heterocycles. The first kappa shape index (κ1) is 18.6. The summed E-state index contributed by atoms with van der Waals surface area (Å²) in [7, 11) is 0. The molecule has 27 heavy (non-hydrogen) atoms. The molecule has 0 radical (unpaired) electrons. The van der Waals surface area contributed by atoms with Crippen LogP contribution in [0.1, 0.15) is 28.3 Å². The molecular weight excluding hydrogens is 326 g/mol. The van der Waals surface area contributed by atoms with E-state index >= 15 is 0 Å². The van der Waals surface area contributed by atoms with Crippen LogP contribution in [-0.4, -0.2) is 0 Å². The summed E-state index contributed by atoms with van der Waals surface area (Å²) in [6, 6.07) is 29.7.